The van der Waals surface area contributed by atoms with Gasteiger partial charge in [0.15, 0.2) is 0 Å². The highest BCUT2D eigenvalue weighted by molar-refractivity contribution is 5.77. The van der Waals surface area contributed by atoms with Crippen LogP contribution in [0.2, 0.25) is 0 Å². The first-order chi connectivity index (χ1) is 7.29. The minimum atomic E-state index is 0.740. The summed E-state index contributed by atoms with van der Waals surface area (Å²) in [5.74, 6) is 1.78. The fraction of sp³-hybridized carbons (Fsp3) is 0.462. The van der Waals surface area contributed by atoms with Crippen molar-refractivity contribution in [2.24, 2.45) is 5.92 Å². The van der Waals surface area contributed by atoms with Crippen molar-refractivity contribution in [2.75, 3.05) is 6.61 Å². The lowest BCUT2D eigenvalue weighted by molar-refractivity contribution is 0.112. The second kappa shape index (κ2) is 4.47. The first kappa shape index (κ1) is 10.2. The summed E-state index contributed by atoms with van der Waals surface area (Å²) in [7, 11) is 0. The standard InChI is InChI=1S/C13H16O2/c1-10-8-13(5-4-12(10)9-14)15-7-6-11-2-3-11/h4-5,8-9,11H,2-3,6-7H2,1H3. The summed E-state index contributed by atoms with van der Waals surface area (Å²) in [5, 5.41) is 0. The predicted octanol–water partition coefficient (Wildman–Crippen LogP) is 2.99. The molecule has 0 atom stereocenters. The molecule has 0 saturated heterocycles. The Morgan fingerprint density at radius 2 is 2.27 bits per heavy atom. The summed E-state index contributed by atoms with van der Waals surface area (Å²) >= 11 is 0. The summed E-state index contributed by atoms with van der Waals surface area (Å²) in [6, 6.07) is 5.61. The van der Waals surface area contributed by atoms with E-state index in [2.05, 4.69) is 0 Å². The Morgan fingerprint density at radius 3 is 2.87 bits per heavy atom. The molecule has 1 aromatic rings. The third kappa shape index (κ3) is 2.82. The highest BCUT2D eigenvalue weighted by Gasteiger charge is 2.20. The zero-order valence-electron chi connectivity index (χ0n) is 9.03. The Labute approximate surface area is 90.3 Å². The molecule has 0 heterocycles. The molecule has 0 unspecified atom stereocenters. The van der Waals surface area contributed by atoms with E-state index >= 15 is 0 Å². The maximum atomic E-state index is 10.6. The zero-order valence-corrected chi connectivity index (χ0v) is 9.03. The number of hydrogen-bond acceptors (Lipinski definition) is 2. The van der Waals surface area contributed by atoms with Crippen molar-refractivity contribution in [2.45, 2.75) is 26.2 Å². The Morgan fingerprint density at radius 1 is 1.47 bits per heavy atom. The highest BCUT2D eigenvalue weighted by Crippen LogP contribution is 2.32. The van der Waals surface area contributed by atoms with Crippen LogP contribution in [0.5, 0.6) is 5.75 Å². The molecular formula is C13H16O2. The molecule has 1 aliphatic rings. The fourth-order valence-corrected chi connectivity index (χ4v) is 1.62. The van der Waals surface area contributed by atoms with Gasteiger partial charge >= 0.3 is 0 Å². The van der Waals surface area contributed by atoms with Crippen LogP contribution < -0.4 is 4.74 Å². The second-order valence-electron chi connectivity index (χ2n) is 4.22. The Hall–Kier alpha value is -1.31. The molecule has 2 rings (SSSR count). The van der Waals surface area contributed by atoms with Gasteiger partial charge in [-0.1, -0.05) is 12.8 Å². The number of carbonyl (C=O) groups excluding carboxylic acids is 1. The smallest absolute Gasteiger partial charge is 0.150 e. The maximum Gasteiger partial charge on any atom is 0.150 e. The number of aldehydes is 1. The molecule has 15 heavy (non-hydrogen) atoms. The van der Waals surface area contributed by atoms with Crippen LogP contribution in [0.15, 0.2) is 18.2 Å². The van der Waals surface area contributed by atoms with Crippen LogP contribution in [-0.4, -0.2) is 12.9 Å². The lowest BCUT2D eigenvalue weighted by atomic mass is 10.1. The molecule has 0 N–H and O–H groups in total. The number of rotatable bonds is 5. The molecule has 0 aromatic heterocycles. The molecule has 1 aromatic carbocycles. The van der Waals surface area contributed by atoms with Gasteiger partial charge in [0.1, 0.15) is 12.0 Å². The van der Waals surface area contributed by atoms with Crippen LogP contribution in [0.25, 0.3) is 0 Å². The van der Waals surface area contributed by atoms with Crippen LogP contribution in [-0.2, 0) is 0 Å². The summed E-state index contributed by atoms with van der Waals surface area (Å²) in [6.45, 7) is 2.72. The van der Waals surface area contributed by atoms with Crippen molar-refractivity contribution in [3.05, 3.63) is 29.3 Å². The van der Waals surface area contributed by atoms with Crippen molar-refractivity contribution < 1.29 is 9.53 Å². The summed E-state index contributed by atoms with van der Waals surface area (Å²) in [4.78, 5) is 10.6. The predicted molar refractivity (Wildman–Crippen MR) is 59.4 cm³/mol. The Balaban J connectivity index is 1.89. The summed E-state index contributed by atoms with van der Waals surface area (Å²) in [6.07, 6.45) is 4.77. The van der Waals surface area contributed by atoms with E-state index in [-0.39, 0.29) is 0 Å². The SMILES string of the molecule is Cc1cc(OCCC2CC2)ccc1C=O. The molecule has 80 valence electrons. The van der Waals surface area contributed by atoms with Gasteiger partial charge in [0, 0.05) is 5.56 Å². The van der Waals surface area contributed by atoms with Gasteiger partial charge in [-0.15, -0.1) is 0 Å². The van der Waals surface area contributed by atoms with Gasteiger partial charge in [-0.2, -0.15) is 0 Å². The summed E-state index contributed by atoms with van der Waals surface area (Å²) in [5.41, 5.74) is 1.72. The number of carbonyl (C=O) groups is 1. The molecule has 0 radical (unpaired) electrons. The van der Waals surface area contributed by atoms with Crippen molar-refractivity contribution >= 4 is 6.29 Å². The van der Waals surface area contributed by atoms with E-state index in [1.165, 1.54) is 12.8 Å². The molecule has 0 spiro atoms. The number of hydrogen-bond donors (Lipinski definition) is 0. The van der Waals surface area contributed by atoms with E-state index in [0.29, 0.717) is 0 Å². The minimum Gasteiger partial charge on any atom is -0.494 e. The quantitative estimate of drug-likeness (QED) is 0.689. The molecular weight excluding hydrogens is 188 g/mol. The number of ether oxygens (including phenoxy) is 1. The lowest BCUT2D eigenvalue weighted by Gasteiger charge is -2.07. The van der Waals surface area contributed by atoms with E-state index in [1.54, 1.807) is 0 Å². The van der Waals surface area contributed by atoms with E-state index in [9.17, 15) is 4.79 Å². The van der Waals surface area contributed by atoms with Gasteiger partial charge in [0.25, 0.3) is 0 Å². The Kier molecular flexibility index (Phi) is 3.05. The van der Waals surface area contributed by atoms with Gasteiger partial charge in [-0.25, -0.2) is 0 Å². The average molecular weight is 204 g/mol. The van der Waals surface area contributed by atoms with Crippen molar-refractivity contribution in [1.29, 1.82) is 0 Å². The van der Waals surface area contributed by atoms with Crippen LogP contribution in [0.4, 0.5) is 0 Å². The van der Waals surface area contributed by atoms with Crippen molar-refractivity contribution in [3.63, 3.8) is 0 Å². The summed E-state index contributed by atoms with van der Waals surface area (Å²) < 4.78 is 5.62. The molecule has 0 bridgehead atoms. The van der Waals surface area contributed by atoms with Crippen LogP contribution in [0, 0.1) is 12.8 Å². The normalized spacial score (nSPS) is 15.0. The molecule has 1 fully saturated rings. The highest BCUT2D eigenvalue weighted by atomic mass is 16.5. The van der Waals surface area contributed by atoms with Gasteiger partial charge in [0.2, 0.25) is 0 Å². The first-order valence-corrected chi connectivity index (χ1v) is 5.48. The third-order valence-electron chi connectivity index (χ3n) is 2.86. The lowest BCUT2D eigenvalue weighted by Crippen LogP contribution is -1.99. The number of benzene rings is 1. The molecule has 0 amide bonds. The van der Waals surface area contributed by atoms with E-state index in [1.807, 2.05) is 25.1 Å². The van der Waals surface area contributed by atoms with Gasteiger partial charge in [0.05, 0.1) is 6.61 Å². The molecule has 1 aliphatic carbocycles. The monoisotopic (exact) mass is 204 g/mol. The molecule has 2 nitrogen and oxygen atoms in total. The largest absolute Gasteiger partial charge is 0.494 e. The zero-order chi connectivity index (χ0) is 10.7. The van der Waals surface area contributed by atoms with E-state index < -0.39 is 0 Å². The molecule has 1 saturated carbocycles. The number of aryl methyl sites for hydroxylation is 1. The van der Waals surface area contributed by atoms with Gasteiger partial charge < -0.3 is 4.74 Å². The van der Waals surface area contributed by atoms with Crippen LogP contribution in [0.1, 0.15) is 35.2 Å². The van der Waals surface area contributed by atoms with Gasteiger partial charge in [-0.3, -0.25) is 4.79 Å². The molecule has 2 heteroatoms. The van der Waals surface area contributed by atoms with Crippen LogP contribution >= 0.6 is 0 Å². The van der Waals surface area contributed by atoms with E-state index in [4.69, 9.17) is 4.74 Å². The average Bonchev–Trinajstić information content (AvgIpc) is 3.02. The second-order valence-corrected chi connectivity index (χ2v) is 4.22. The Bertz CT molecular complexity index is 354. The van der Waals surface area contributed by atoms with Crippen molar-refractivity contribution in [3.8, 4) is 5.75 Å². The third-order valence-corrected chi connectivity index (χ3v) is 2.86. The van der Waals surface area contributed by atoms with Gasteiger partial charge in [-0.05, 0) is 43.0 Å². The molecule has 0 aliphatic heterocycles. The maximum absolute atomic E-state index is 10.6. The van der Waals surface area contributed by atoms with E-state index in [0.717, 1.165) is 42.1 Å². The van der Waals surface area contributed by atoms with Crippen molar-refractivity contribution in [1.82, 2.24) is 0 Å². The van der Waals surface area contributed by atoms with Crippen LogP contribution in [0.3, 0.4) is 0 Å². The minimum absolute atomic E-state index is 0.740. The first-order valence-electron chi connectivity index (χ1n) is 5.48. The fourth-order valence-electron chi connectivity index (χ4n) is 1.62. The topological polar surface area (TPSA) is 26.3 Å².